The molecule has 0 radical (unpaired) electrons. The Hall–Kier alpha value is -2.95. The van der Waals surface area contributed by atoms with Gasteiger partial charge < -0.3 is 0 Å². The first-order valence-electron chi connectivity index (χ1n) is 7.32. The van der Waals surface area contributed by atoms with Crippen LogP contribution in [-0.4, -0.2) is 0 Å². The van der Waals surface area contributed by atoms with Crippen molar-refractivity contribution in [2.24, 2.45) is 0 Å². The van der Waals surface area contributed by atoms with Gasteiger partial charge in [-0.15, -0.1) is 0 Å². The summed E-state index contributed by atoms with van der Waals surface area (Å²) < 4.78 is 67.9. The van der Waals surface area contributed by atoms with Crippen LogP contribution < -0.4 is 0 Å². The minimum atomic E-state index is -1.09. The molecular weight excluding hydrogens is 335 g/mol. The van der Waals surface area contributed by atoms with Gasteiger partial charge in [-0.1, -0.05) is 24.3 Å². The Morgan fingerprint density at radius 3 is 1.60 bits per heavy atom. The number of rotatable bonds is 3. The van der Waals surface area contributed by atoms with Crippen molar-refractivity contribution in [2.45, 2.75) is 0 Å². The fourth-order valence-corrected chi connectivity index (χ4v) is 2.45. The Balaban J connectivity index is 2.22. The fourth-order valence-electron chi connectivity index (χ4n) is 2.45. The molecule has 3 aromatic rings. The van der Waals surface area contributed by atoms with Gasteiger partial charge >= 0.3 is 0 Å². The molecule has 5 heteroatoms. The summed E-state index contributed by atoms with van der Waals surface area (Å²) in [6.45, 7) is 0. The molecule has 0 aliphatic carbocycles. The van der Waals surface area contributed by atoms with E-state index in [1.54, 1.807) is 0 Å². The third-order valence-electron chi connectivity index (χ3n) is 3.61. The van der Waals surface area contributed by atoms with Crippen molar-refractivity contribution in [3.05, 3.63) is 106 Å². The maximum atomic E-state index is 14.2. The van der Waals surface area contributed by atoms with E-state index in [1.165, 1.54) is 42.5 Å². The molecule has 0 aliphatic rings. The topological polar surface area (TPSA) is 0 Å². The first-order chi connectivity index (χ1) is 11.9. The molecule has 0 unspecified atom stereocenters. The normalized spacial score (nSPS) is 11.6. The highest BCUT2D eigenvalue weighted by Crippen LogP contribution is 2.31. The summed E-state index contributed by atoms with van der Waals surface area (Å²) in [7, 11) is 0. The second kappa shape index (κ2) is 6.89. The van der Waals surface area contributed by atoms with Crippen molar-refractivity contribution in [1.82, 2.24) is 0 Å². The van der Waals surface area contributed by atoms with Crippen molar-refractivity contribution in [3.63, 3.8) is 0 Å². The third kappa shape index (κ3) is 3.76. The van der Waals surface area contributed by atoms with E-state index < -0.39 is 34.6 Å². The van der Waals surface area contributed by atoms with Gasteiger partial charge in [-0.25, -0.2) is 22.0 Å². The zero-order chi connectivity index (χ0) is 18.0. The summed E-state index contributed by atoms with van der Waals surface area (Å²) in [5.74, 6) is -4.19. The molecule has 0 nitrogen and oxygen atoms in total. The van der Waals surface area contributed by atoms with Gasteiger partial charge in [-0.05, 0) is 47.0 Å². The molecule has 0 bridgehead atoms. The SMILES string of the molecule is Fc1ccc(/C=C(/c2ccc(F)cc2)c2c(F)cc(F)cc2F)cc1. The van der Waals surface area contributed by atoms with E-state index >= 15 is 0 Å². The molecule has 0 atom stereocenters. The average Bonchev–Trinajstić information content (AvgIpc) is 2.56. The molecule has 0 saturated carbocycles. The highest BCUT2D eigenvalue weighted by atomic mass is 19.2. The lowest BCUT2D eigenvalue weighted by molar-refractivity contribution is 0.539. The summed E-state index contributed by atoms with van der Waals surface area (Å²) in [6, 6.07) is 11.4. The molecule has 0 N–H and O–H groups in total. The molecule has 0 amide bonds. The fraction of sp³-hybridized carbons (Fsp3) is 0. The lowest BCUT2D eigenvalue weighted by Crippen LogP contribution is -1.99. The van der Waals surface area contributed by atoms with Crippen molar-refractivity contribution in [1.29, 1.82) is 0 Å². The Bertz CT molecular complexity index is 902. The van der Waals surface area contributed by atoms with Gasteiger partial charge in [-0.2, -0.15) is 0 Å². The lowest BCUT2D eigenvalue weighted by Gasteiger charge is -2.12. The molecule has 0 aromatic heterocycles. The number of hydrogen-bond donors (Lipinski definition) is 0. The molecule has 0 saturated heterocycles. The standard InChI is InChI=1S/C20H11F5/c21-14-5-1-12(2-6-14)9-17(13-3-7-15(22)8-4-13)20-18(24)10-16(23)11-19(20)25/h1-11H/b17-9-. The molecule has 25 heavy (non-hydrogen) atoms. The molecule has 126 valence electrons. The smallest absolute Gasteiger partial charge is 0.136 e. The van der Waals surface area contributed by atoms with E-state index in [-0.39, 0.29) is 5.57 Å². The van der Waals surface area contributed by atoms with Gasteiger partial charge in [0.2, 0.25) is 0 Å². The predicted octanol–water partition coefficient (Wildman–Crippen LogP) is 5.97. The zero-order valence-corrected chi connectivity index (χ0v) is 12.7. The summed E-state index contributed by atoms with van der Waals surface area (Å²) in [5.41, 5.74) is 0.443. The minimum absolute atomic E-state index is 0.0848. The Kier molecular flexibility index (Phi) is 4.65. The maximum Gasteiger partial charge on any atom is 0.136 e. The molecule has 3 aromatic carbocycles. The first-order valence-corrected chi connectivity index (χ1v) is 7.32. The van der Waals surface area contributed by atoms with Gasteiger partial charge in [0.05, 0.1) is 5.56 Å². The number of halogens is 5. The monoisotopic (exact) mass is 346 g/mol. The quantitative estimate of drug-likeness (QED) is 0.405. The molecule has 0 fully saturated rings. The van der Waals surface area contributed by atoms with E-state index in [0.29, 0.717) is 23.3 Å². The summed E-state index contributed by atoms with van der Waals surface area (Å²) in [4.78, 5) is 0. The van der Waals surface area contributed by atoms with E-state index in [0.717, 1.165) is 12.1 Å². The van der Waals surface area contributed by atoms with E-state index in [4.69, 9.17) is 0 Å². The van der Waals surface area contributed by atoms with Crippen LogP contribution in [0.2, 0.25) is 0 Å². The average molecular weight is 346 g/mol. The van der Waals surface area contributed by atoms with Gasteiger partial charge in [-0.3, -0.25) is 0 Å². The third-order valence-corrected chi connectivity index (χ3v) is 3.61. The number of benzene rings is 3. The van der Waals surface area contributed by atoms with Crippen LogP contribution in [0.1, 0.15) is 16.7 Å². The molecule has 0 aliphatic heterocycles. The lowest BCUT2D eigenvalue weighted by atomic mass is 9.94. The van der Waals surface area contributed by atoms with Crippen LogP contribution in [0.4, 0.5) is 22.0 Å². The van der Waals surface area contributed by atoms with Crippen molar-refractivity contribution < 1.29 is 22.0 Å². The van der Waals surface area contributed by atoms with Crippen LogP contribution in [-0.2, 0) is 0 Å². The van der Waals surface area contributed by atoms with Gasteiger partial charge in [0.1, 0.15) is 29.1 Å². The van der Waals surface area contributed by atoms with E-state index in [9.17, 15) is 22.0 Å². The Morgan fingerprint density at radius 1 is 0.600 bits per heavy atom. The molecule has 3 rings (SSSR count). The summed E-state index contributed by atoms with van der Waals surface area (Å²) in [5, 5.41) is 0. The van der Waals surface area contributed by atoms with Crippen LogP contribution in [0.3, 0.4) is 0 Å². The highest BCUT2D eigenvalue weighted by Gasteiger charge is 2.17. The zero-order valence-electron chi connectivity index (χ0n) is 12.7. The van der Waals surface area contributed by atoms with Crippen molar-refractivity contribution in [2.75, 3.05) is 0 Å². The van der Waals surface area contributed by atoms with Crippen LogP contribution >= 0.6 is 0 Å². The van der Waals surface area contributed by atoms with Crippen LogP contribution in [0.25, 0.3) is 11.6 Å². The van der Waals surface area contributed by atoms with Crippen LogP contribution in [0, 0.1) is 29.1 Å². The van der Waals surface area contributed by atoms with Crippen molar-refractivity contribution >= 4 is 11.6 Å². The highest BCUT2D eigenvalue weighted by molar-refractivity contribution is 5.91. The van der Waals surface area contributed by atoms with E-state index in [1.807, 2.05) is 0 Å². The number of hydrogen-bond acceptors (Lipinski definition) is 0. The van der Waals surface area contributed by atoms with Gasteiger partial charge in [0, 0.05) is 12.1 Å². The summed E-state index contributed by atoms with van der Waals surface area (Å²) in [6.07, 6.45) is 1.42. The van der Waals surface area contributed by atoms with Crippen molar-refractivity contribution in [3.8, 4) is 0 Å². The second-order valence-electron chi connectivity index (χ2n) is 5.36. The first kappa shape index (κ1) is 16.9. The predicted molar refractivity (Wildman–Crippen MR) is 86.1 cm³/mol. The maximum absolute atomic E-state index is 14.2. The van der Waals surface area contributed by atoms with Gasteiger partial charge in [0.15, 0.2) is 0 Å². The molecule has 0 heterocycles. The summed E-state index contributed by atoms with van der Waals surface area (Å²) >= 11 is 0. The largest absolute Gasteiger partial charge is 0.207 e. The minimum Gasteiger partial charge on any atom is -0.207 e. The molecule has 0 spiro atoms. The van der Waals surface area contributed by atoms with Gasteiger partial charge in [0.25, 0.3) is 0 Å². The molecular formula is C20H11F5. The van der Waals surface area contributed by atoms with Crippen LogP contribution in [0.5, 0.6) is 0 Å². The van der Waals surface area contributed by atoms with E-state index in [2.05, 4.69) is 0 Å². The Morgan fingerprint density at radius 2 is 1.08 bits per heavy atom. The van der Waals surface area contributed by atoms with Crippen LogP contribution in [0.15, 0.2) is 60.7 Å². The second-order valence-corrected chi connectivity index (χ2v) is 5.36. The Labute approximate surface area is 140 Å².